The molecule has 3 aromatic rings. The van der Waals surface area contributed by atoms with Crippen LogP contribution in [0.3, 0.4) is 0 Å². The van der Waals surface area contributed by atoms with Crippen molar-refractivity contribution < 1.29 is 9.13 Å². The summed E-state index contributed by atoms with van der Waals surface area (Å²) >= 11 is 5.34. The predicted octanol–water partition coefficient (Wildman–Crippen LogP) is 5.53. The van der Waals surface area contributed by atoms with E-state index < -0.39 is 0 Å². The molecule has 102 valence electrons. The third-order valence-corrected chi connectivity index (χ3v) is 5.52. The van der Waals surface area contributed by atoms with Gasteiger partial charge in [0.2, 0.25) is 0 Å². The smallest absolute Gasteiger partial charge is 0.131 e. The highest BCUT2D eigenvalue weighted by Gasteiger charge is 2.17. The van der Waals surface area contributed by atoms with Crippen LogP contribution in [0.15, 0.2) is 47.8 Å². The number of fused-ring (bicyclic) bond motifs is 1. The topological polar surface area (TPSA) is 9.23 Å². The van der Waals surface area contributed by atoms with Crippen LogP contribution in [0.4, 0.5) is 4.39 Å². The first kappa shape index (κ1) is 13.6. The van der Waals surface area contributed by atoms with E-state index in [-0.39, 0.29) is 10.6 Å². The molecule has 0 radical (unpaired) electrons. The number of methoxy groups -OCH3 is 1. The second-order valence-electron chi connectivity index (χ2n) is 4.43. The van der Waals surface area contributed by atoms with Crippen molar-refractivity contribution >= 4 is 38.0 Å². The number of thiophene rings is 1. The number of halogens is 2. The lowest BCUT2D eigenvalue weighted by Gasteiger charge is -2.12. The molecular formula is C16H12BrFOS. The zero-order valence-corrected chi connectivity index (χ0v) is 13.2. The average Bonchev–Trinajstić information content (AvgIpc) is 2.96. The Kier molecular flexibility index (Phi) is 3.76. The molecule has 0 saturated carbocycles. The Morgan fingerprint density at radius 1 is 1.15 bits per heavy atom. The van der Waals surface area contributed by atoms with E-state index in [1.807, 2.05) is 41.8 Å². The molecule has 0 aliphatic carbocycles. The minimum absolute atomic E-state index is 0.0295. The maximum absolute atomic E-state index is 13.9. The van der Waals surface area contributed by atoms with Crippen molar-refractivity contribution in [1.29, 1.82) is 0 Å². The monoisotopic (exact) mass is 350 g/mol. The Morgan fingerprint density at radius 2 is 1.90 bits per heavy atom. The molecule has 1 aromatic heterocycles. The molecule has 2 aromatic carbocycles. The number of rotatable bonds is 3. The van der Waals surface area contributed by atoms with Crippen LogP contribution in [-0.2, 0) is 0 Å². The summed E-state index contributed by atoms with van der Waals surface area (Å²) in [6.45, 7) is 0. The van der Waals surface area contributed by atoms with E-state index in [0.717, 1.165) is 21.6 Å². The van der Waals surface area contributed by atoms with Crippen molar-refractivity contribution in [3.63, 3.8) is 0 Å². The van der Waals surface area contributed by atoms with Crippen LogP contribution in [0.1, 0.15) is 15.3 Å². The molecule has 3 rings (SSSR count). The Balaban J connectivity index is 2.12. The van der Waals surface area contributed by atoms with Crippen molar-refractivity contribution in [1.82, 2.24) is 0 Å². The molecule has 20 heavy (non-hydrogen) atoms. The molecular weight excluding hydrogens is 339 g/mol. The molecule has 4 heteroatoms. The minimum Gasteiger partial charge on any atom is -0.496 e. The zero-order valence-electron chi connectivity index (χ0n) is 10.8. The largest absolute Gasteiger partial charge is 0.496 e. The van der Waals surface area contributed by atoms with Crippen molar-refractivity contribution in [2.24, 2.45) is 0 Å². The fourth-order valence-corrected chi connectivity index (χ4v) is 3.94. The van der Waals surface area contributed by atoms with E-state index in [0.29, 0.717) is 5.39 Å². The van der Waals surface area contributed by atoms with Crippen molar-refractivity contribution in [3.8, 4) is 5.75 Å². The van der Waals surface area contributed by atoms with Gasteiger partial charge in [-0.05, 0) is 23.1 Å². The Hall–Kier alpha value is -1.39. The van der Waals surface area contributed by atoms with Crippen molar-refractivity contribution in [2.75, 3.05) is 7.11 Å². The SMILES string of the molecule is COc1csc(C(Br)c2ccc(F)c3ccccc23)c1. The van der Waals surface area contributed by atoms with E-state index >= 15 is 0 Å². The normalized spacial score (nSPS) is 12.6. The second-order valence-corrected chi connectivity index (χ2v) is 6.29. The van der Waals surface area contributed by atoms with E-state index in [9.17, 15) is 4.39 Å². The molecule has 1 nitrogen and oxygen atoms in total. The van der Waals surface area contributed by atoms with Gasteiger partial charge in [-0.2, -0.15) is 0 Å². The van der Waals surface area contributed by atoms with Crippen LogP contribution in [0, 0.1) is 5.82 Å². The van der Waals surface area contributed by atoms with Crippen LogP contribution in [0.25, 0.3) is 10.8 Å². The summed E-state index contributed by atoms with van der Waals surface area (Å²) in [5.74, 6) is 0.661. The van der Waals surface area contributed by atoms with E-state index in [2.05, 4.69) is 15.9 Å². The molecule has 0 N–H and O–H groups in total. The molecule has 0 aliphatic heterocycles. The van der Waals surface area contributed by atoms with Gasteiger partial charge in [-0.1, -0.05) is 46.3 Å². The summed E-state index contributed by atoms with van der Waals surface area (Å²) in [5, 5.41) is 3.55. The summed E-state index contributed by atoms with van der Waals surface area (Å²) < 4.78 is 19.1. The fraction of sp³-hybridized carbons (Fsp3) is 0.125. The van der Waals surface area contributed by atoms with Gasteiger partial charge in [0.15, 0.2) is 0 Å². The summed E-state index contributed by atoms with van der Waals surface area (Å²) in [4.78, 5) is 1.17. The van der Waals surface area contributed by atoms with Gasteiger partial charge in [0, 0.05) is 15.6 Å². The van der Waals surface area contributed by atoms with E-state index in [1.54, 1.807) is 18.4 Å². The second kappa shape index (κ2) is 5.54. The molecule has 1 heterocycles. The molecule has 0 saturated heterocycles. The number of hydrogen-bond acceptors (Lipinski definition) is 2. The lowest BCUT2D eigenvalue weighted by atomic mass is 10.0. The van der Waals surface area contributed by atoms with Crippen LogP contribution in [0.5, 0.6) is 5.75 Å². The van der Waals surface area contributed by atoms with Crippen LogP contribution in [-0.4, -0.2) is 7.11 Å². The number of hydrogen-bond donors (Lipinski definition) is 0. The summed E-state index contributed by atoms with van der Waals surface area (Å²) in [6, 6.07) is 12.9. The molecule has 1 atom stereocenters. The van der Waals surface area contributed by atoms with Crippen molar-refractivity contribution in [3.05, 3.63) is 64.1 Å². The maximum Gasteiger partial charge on any atom is 0.131 e. The van der Waals surface area contributed by atoms with Crippen LogP contribution in [0.2, 0.25) is 0 Å². The Bertz CT molecular complexity index is 753. The highest BCUT2D eigenvalue weighted by atomic mass is 79.9. The molecule has 0 fully saturated rings. The molecule has 0 amide bonds. The van der Waals surface area contributed by atoms with Gasteiger partial charge < -0.3 is 4.74 Å². The maximum atomic E-state index is 13.9. The highest BCUT2D eigenvalue weighted by Crippen LogP contribution is 2.40. The molecule has 0 bridgehead atoms. The van der Waals surface area contributed by atoms with Gasteiger partial charge in [-0.25, -0.2) is 4.39 Å². The van der Waals surface area contributed by atoms with E-state index in [1.165, 1.54) is 6.07 Å². The number of ether oxygens (including phenoxy) is 1. The number of alkyl halides is 1. The van der Waals surface area contributed by atoms with Gasteiger partial charge in [-0.3, -0.25) is 0 Å². The minimum atomic E-state index is -0.187. The standard InChI is InChI=1S/C16H12BrFOS/c1-19-10-8-15(20-9-10)16(17)13-6-7-14(18)12-5-3-2-4-11(12)13/h2-9,16H,1H3. The first-order valence-electron chi connectivity index (χ1n) is 6.14. The Labute approximate surface area is 129 Å². The lowest BCUT2D eigenvalue weighted by Crippen LogP contribution is -1.93. The predicted molar refractivity (Wildman–Crippen MR) is 85.5 cm³/mol. The first-order chi connectivity index (χ1) is 9.70. The summed E-state index contributed by atoms with van der Waals surface area (Å²) in [6.07, 6.45) is 0. The van der Waals surface area contributed by atoms with Gasteiger partial charge in [0.05, 0.1) is 11.9 Å². The van der Waals surface area contributed by atoms with Gasteiger partial charge in [0.25, 0.3) is 0 Å². The lowest BCUT2D eigenvalue weighted by molar-refractivity contribution is 0.416. The summed E-state index contributed by atoms with van der Waals surface area (Å²) in [7, 11) is 1.66. The molecule has 1 unspecified atom stereocenters. The molecule has 0 spiro atoms. The fourth-order valence-electron chi connectivity index (χ4n) is 2.23. The third-order valence-electron chi connectivity index (χ3n) is 3.26. The van der Waals surface area contributed by atoms with Gasteiger partial charge in [-0.15, -0.1) is 11.3 Å². The zero-order chi connectivity index (χ0) is 14.1. The quantitative estimate of drug-likeness (QED) is 0.564. The van der Waals surface area contributed by atoms with Gasteiger partial charge in [0.1, 0.15) is 11.6 Å². The Morgan fingerprint density at radius 3 is 2.60 bits per heavy atom. The highest BCUT2D eigenvalue weighted by molar-refractivity contribution is 9.09. The first-order valence-corrected chi connectivity index (χ1v) is 7.94. The third kappa shape index (κ3) is 2.34. The molecule has 0 aliphatic rings. The number of benzene rings is 2. The van der Waals surface area contributed by atoms with E-state index in [4.69, 9.17) is 4.74 Å². The van der Waals surface area contributed by atoms with Crippen molar-refractivity contribution in [2.45, 2.75) is 4.83 Å². The summed E-state index contributed by atoms with van der Waals surface area (Å²) in [5.41, 5.74) is 1.06. The van der Waals surface area contributed by atoms with Crippen LogP contribution >= 0.6 is 27.3 Å². The van der Waals surface area contributed by atoms with Crippen LogP contribution < -0.4 is 4.74 Å². The van der Waals surface area contributed by atoms with Gasteiger partial charge >= 0.3 is 0 Å². The average molecular weight is 351 g/mol.